The van der Waals surface area contributed by atoms with Gasteiger partial charge in [-0.3, -0.25) is 19.3 Å². The van der Waals surface area contributed by atoms with Gasteiger partial charge in [0.15, 0.2) is 5.78 Å². The van der Waals surface area contributed by atoms with Crippen molar-refractivity contribution in [2.45, 2.75) is 19.8 Å². The molecule has 4 rings (SSSR count). The molecule has 0 saturated carbocycles. The number of ketones is 1. The minimum atomic E-state index is -0.410. The third-order valence-electron chi connectivity index (χ3n) is 5.28. The quantitative estimate of drug-likeness (QED) is 0.540. The SMILES string of the molecule is Cc1cc(N2CCCC2)ccc1/C=C1\SC(=O)N(CC(=O)c2ccccc2)C1=O. The Hall–Kier alpha value is -2.86. The van der Waals surface area contributed by atoms with Gasteiger partial charge in [0.05, 0.1) is 11.4 Å². The highest BCUT2D eigenvalue weighted by molar-refractivity contribution is 8.18. The molecule has 0 spiro atoms. The van der Waals surface area contributed by atoms with E-state index in [9.17, 15) is 14.4 Å². The molecule has 2 fully saturated rings. The van der Waals surface area contributed by atoms with Crippen molar-refractivity contribution in [3.63, 3.8) is 0 Å². The molecule has 148 valence electrons. The second-order valence-corrected chi connectivity index (χ2v) is 8.29. The molecule has 2 aromatic carbocycles. The van der Waals surface area contributed by atoms with Crippen molar-refractivity contribution in [3.05, 3.63) is 70.1 Å². The zero-order valence-electron chi connectivity index (χ0n) is 16.3. The molecule has 2 aromatic rings. The van der Waals surface area contributed by atoms with Gasteiger partial charge in [0.2, 0.25) is 0 Å². The molecule has 0 bridgehead atoms. The number of Topliss-reactive ketones (excluding diaryl/α,β-unsaturated/α-hetero) is 1. The minimum absolute atomic E-state index is 0.237. The third kappa shape index (κ3) is 4.12. The number of hydrogen-bond donors (Lipinski definition) is 0. The Balaban J connectivity index is 1.51. The van der Waals surface area contributed by atoms with E-state index in [1.807, 2.05) is 19.1 Å². The maximum atomic E-state index is 12.7. The first-order chi connectivity index (χ1) is 14.0. The molecule has 2 amide bonds. The Morgan fingerprint density at radius 2 is 1.79 bits per heavy atom. The van der Waals surface area contributed by atoms with E-state index in [4.69, 9.17) is 0 Å². The summed E-state index contributed by atoms with van der Waals surface area (Å²) in [5.74, 6) is -0.660. The largest absolute Gasteiger partial charge is 0.372 e. The lowest BCUT2D eigenvalue weighted by molar-refractivity contribution is -0.122. The molecule has 2 aliphatic rings. The molecule has 6 heteroatoms. The van der Waals surface area contributed by atoms with Gasteiger partial charge < -0.3 is 4.90 Å². The van der Waals surface area contributed by atoms with E-state index in [-0.39, 0.29) is 12.3 Å². The average molecular weight is 407 g/mol. The molecular weight excluding hydrogens is 384 g/mol. The first-order valence-electron chi connectivity index (χ1n) is 9.72. The fourth-order valence-electron chi connectivity index (χ4n) is 3.63. The topological polar surface area (TPSA) is 57.7 Å². The molecule has 2 aliphatic heterocycles. The van der Waals surface area contributed by atoms with Crippen LogP contribution in [-0.4, -0.2) is 41.5 Å². The zero-order chi connectivity index (χ0) is 20.4. The van der Waals surface area contributed by atoms with Crippen molar-refractivity contribution in [3.8, 4) is 0 Å². The average Bonchev–Trinajstić information content (AvgIpc) is 3.35. The Bertz CT molecular complexity index is 994. The van der Waals surface area contributed by atoms with Gasteiger partial charge in [-0.15, -0.1) is 0 Å². The summed E-state index contributed by atoms with van der Waals surface area (Å²) in [5, 5.41) is -0.406. The van der Waals surface area contributed by atoms with Crippen molar-refractivity contribution in [1.29, 1.82) is 0 Å². The first kappa shape index (κ1) is 19.5. The van der Waals surface area contributed by atoms with Gasteiger partial charge in [-0.1, -0.05) is 36.4 Å². The fraction of sp³-hybridized carbons (Fsp3) is 0.261. The number of hydrogen-bond acceptors (Lipinski definition) is 5. The van der Waals surface area contributed by atoms with E-state index in [1.165, 1.54) is 18.5 Å². The molecule has 0 aliphatic carbocycles. The lowest BCUT2D eigenvalue weighted by Crippen LogP contribution is -2.33. The van der Waals surface area contributed by atoms with Gasteiger partial charge in [-0.2, -0.15) is 0 Å². The second-order valence-electron chi connectivity index (χ2n) is 7.29. The number of benzene rings is 2. The van der Waals surface area contributed by atoms with Crippen LogP contribution in [0.2, 0.25) is 0 Å². The number of amides is 2. The van der Waals surface area contributed by atoms with Gasteiger partial charge in [-0.05, 0) is 60.9 Å². The number of carbonyl (C=O) groups is 3. The van der Waals surface area contributed by atoms with Crippen LogP contribution in [0.25, 0.3) is 6.08 Å². The van der Waals surface area contributed by atoms with E-state index in [2.05, 4.69) is 17.0 Å². The maximum Gasteiger partial charge on any atom is 0.293 e. The van der Waals surface area contributed by atoms with Crippen molar-refractivity contribution in [2.75, 3.05) is 24.5 Å². The summed E-state index contributed by atoms with van der Waals surface area (Å²) in [4.78, 5) is 41.2. The van der Waals surface area contributed by atoms with Crippen LogP contribution in [0.4, 0.5) is 10.5 Å². The Morgan fingerprint density at radius 1 is 1.07 bits per heavy atom. The summed E-state index contributed by atoms with van der Waals surface area (Å²) in [6.45, 7) is 3.92. The van der Waals surface area contributed by atoms with Gasteiger partial charge in [-0.25, -0.2) is 0 Å². The molecule has 0 radical (unpaired) electrons. The smallest absolute Gasteiger partial charge is 0.293 e. The van der Waals surface area contributed by atoms with Crippen LogP contribution < -0.4 is 4.90 Å². The summed E-state index contributed by atoms with van der Waals surface area (Å²) in [6, 6.07) is 14.9. The van der Waals surface area contributed by atoms with Gasteiger partial charge in [0.1, 0.15) is 0 Å². The van der Waals surface area contributed by atoms with Crippen LogP contribution in [0.1, 0.15) is 34.3 Å². The van der Waals surface area contributed by atoms with Crippen LogP contribution in [0.3, 0.4) is 0 Å². The monoisotopic (exact) mass is 406 g/mol. The summed E-state index contributed by atoms with van der Waals surface area (Å²) in [5.41, 5.74) is 3.65. The maximum absolute atomic E-state index is 12.7. The van der Waals surface area contributed by atoms with Crippen LogP contribution in [-0.2, 0) is 4.79 Å². The van der Waals surface area contributed by atoms with Crippen LogP contribution in [0.5, 0.6) is 0 Å². The Kier molecular flexibility index (Phi) is 5.53. The zero-order valence-corrected chi connectivity index (χ0v) is 17.1. The van der Waals surface area contributed by atoms with Crippen molar-refractivity contribution < 1.29 is 14.4 Å². The number of aryl methyl sites for hydroxylation is 1. The van der Waals surface area contributed by atoms with E-state index in [0.29, 0.717) is 10.5 Å². The third-order valence-corrected chi connectivity index (χ3v) is 6.19. The highest BCUT2D eigenvalue weighted by Crippen LogP contribution is 2.33. The van der Waals surface area contributed by atoms with Crippen molar-refractivity contribution >= 4 is 40.5 Å². The van der Waals surface area contributed by atoms with Crippen LogP contribution >= 0.6 is 11.8 Å². The van der Waals surface area contributed by atoms with Gasteiger partial charge in [0, 0.05) is 24.3 Å². The first-order valence-corrected chi connectivity index (χ1v) is 10.5. The standard InChI is InChI=1S/C23H22N2O3S/c1-16-13-19(24-11-5-6-12-24)10-9-18(16)14-21-22(27)25(23(28)29-21)15-20(26)17-7-3-2-4-8-17/h2-4,7-10,13-14H,5-6,11-12,15H2,1H3/b21-14-. The van der Waals surface area contributed by atoms with E-state index < -0.39 is 11.1 Å². The molecular formula is C23H22N2O3S. The summed E-state index contributed by atoms with van der Waals surface area (Å²) in [7, 11) is 0. The molecule has 2 saturated heterocycles. The normalized spacial score (nSPS) is 18.2. The number of imide groups is 1. The predicted octanol–water partition coefficient (Wildman–Crippen LogP) is 4.51. The number of nitrogens with zero attached hydrogens (tertiary/aromatic N) is 2. The highest BCUT2D eigenvalue weighted by Gasteiger charge is 2.36. The predicted molar refractivity (Wildman–Crippen MR) is 116 cm³/mol. The molecule has 0 unspecified atom stereocenters. The Labute approximate surface area is 174 Å². The molecule has 0 aromatic heterocycles. The number of anilines is 1. The number of thioether (sulfide) groups is 1. The van der Waals surface area contributed by atoms with E-state index >= 15 is 0 Å². The minimum Gasteiger partial charge on any atom is -0.372 e. The second kappa shape index (κ2) is 8.25. The lowest BCUT2D eigenvalue weighted by atomic mass is 10.1. The van der Waals surface area contributed by atoms with Crippen LogP contribution in [0.15, 0.2) is 53.4 Å². The summed E-state index contributed by atoms with van der Waals surface area (Å²) in [6.07, 6.45) is 4.19. The van der Waals surface area contributed by atoms with E-state index in [1.54, 1.807) is 30.3 Å². The summed E-state index contributed by atoms with van der Waals surface area (Å²) >= 11 is 0.888. The fourth-order valence-corrected chi connectivity index (χ4v) is 4.46. The lowest BCUT2D eigenvalue weighted by Gasteiger charge is -2.18. The summed E-state index contributed by atoms with van der Waals surface area (Å²) < 4.78 is 0. The molecule has 0 atom stereocenters. The van der Waals surface area contributed by atoms with Crippen molar-refractivity contribution in [1.82, 2.24) is 4.90 Å². The Morgan fingerprint density at radius 3 is 2.48 bits per heavy atom. The molecule has 0 N–H and O–H groups in total. The number of carbonyl (C=O) groups excluding carboxylic acids is 3. The molecule has 2 heterocycles. The van der Waals surface area contributed by atoms with Gasteiger partial charge >= 0.3 is 0 Å². The molecule has 29 heavy (non-hydrogen) atoms. The molecule has 5 nitrogen and oxygen atoms in total. The van der Waals surface area contributed by atoms with E-state index in [0.717, 1.165) is 40.9 Å². The highest BCUT2D eigenvalue weighted by atomic mass is 32.2. The number of rotatable bonds is 5. The van der Waals surface area contributed by atoms with Gasteiger partial charge in [0.25, 0.3) is 11.1 Å². The van der Waals surface area contributed by atoms with Crippen LogP contribution in [0, 0.1) is 6.92 Å². The van der Waals surface area contributed by atoms with Crippen molar-refractivity contribution in [2.24, 2.45) is 0 Å².